The number of nitrogen functional groups attached to an aromatic ring is 1. The number of aliphatic hydroxyl groups is 1. The van der Waals surface area contributed by atoms with Crippen molar-refractivity contribution in [2.75, 3.05) is 12.3 Å². The smallest absolute Gasteiger partial charge is 0.145 e. The summed E-state index contributed by atoms with van der Waals surface area (Å²) in [5.74, 6) is 0.480. The van der Waals surface area contributed by atoms with Gasteiger partial charge in [-0.05, 0) is 12.5 Å². The lowest BCUT2D eigenvalue weighted by Crippen LogP contribution is -1.81. The molecule has 0 bridgehead atoms. The predicted molar refractivity (Wildman–Crippen MR) is 43.7 cm³/mol. The van der Waals surface area contributed by atoms with Gasteiger partial charge in [-0.25, -0.2) is 0 Å². The molecule has 0 aliphatic carbocycles. The lowest BCUT2D eigenvalue weighted by molar-refractivity contribution is 0.303. The predicted octanol–water partition coefficient (Wildman–Crippen LogP) is 0.388. The van der Waals surface area contributed by atoms with Gasteiger partial charge < -0.3 is 10.8 Å². The summed E-state index contributed by atoms with van der Waals surface area (Å²) in [5.41, 5.74) is 6.21. The van der Waals surface area contributed by atoms with E-state index in [0.29, 0.717) is 12.2 Å². The van der Waals surface area contributed by atoms with Crippen molar-refractivity contribution in [2.45, 2.75) is 6.42 Å². The fourth-order valence-corrected chi connectivity index (χ4v) is 0.723. The van der Waals surface area contributed by atoms with E-state index in [1.54, 1.807) is 6.07 Å². The Kier molecular flexibility index (Phi) is 2.68. The number of hydrogen-bond donors (Lipinski definition) is 3. The number of aromatic amines is 1. The van der Waals surface area contributed by atoms with Gasteiger partial charge in [-0.2, -0.15) is 5.10 Å². The maximum absolute atomic E-state index is 8.45. The van der Waals surface area contributed by atoms with Crippen molar-refractivity contribution in [3.8, 4) is 0 Å². The van der Waals surface area contributed by atoms with E-state index in [1.807, 2.05) is 12.2 Å². The van der Waals surface area contributed by atoms with E-state index in [4.69, 9.17) is 10.8 Å². The van der Waals surface area contributed by atoms with Gasteiger partial charge in [-0.15, -0.1) is 0 Å². The van der Waals surface area contributed by atoms with Crippen LogP contribution in [-0.4, -0.2) is 21.9 Å². The van der Waals surface area contributed by atoms with Crippen LogP contribution in [0.1, 0.15) is 12.1 Å². The highest BCUT2D eigenvalue weighted by atomic mass is 16.2. The third-order valence-electron chi connectivity index (χ3n) is 1.21. The zero-order valence-corrected chi connectivity index (χ0v) is 6.12. The summed E-state index contributed by atoms with van der Waals surface area (Å²) in [7, 11) is 0. The number of hydrogen-bond acceptors (Lipinski definition) is 3. The first-order valence-electron chi connectivity index (χ1n) is 3.41. The molecule has 0 aliphatic heterocycles. The van der Waals surface area contributed by atoms with Crippen molar-refractivity contribution in [2.24, 2.45) is 0 Å². The molecule has 1 heterocycles. The lowest BCUT2D eigenvalue weighted by atomic mass is 10.3. The van der Waals surface area contributed by atoms with E-state index < -0.39 is 0 Å². The van der Waals surface area contributed by atoms with Gasteiger partial charge in [0.1, 0.15) is 5.82 Å². The summed E-state index contributed by atoms with van der Waals surface area (Å²) in [6.07, 6.45) is 4.34. The first-order valence-corrected chi connectivity index (χ1v) is 3.41. The van der Waals surface area contributed by atoms with Gasteiger partial charge >= 0.3 is 0 Å². The van der Waals surface area contributed by atoms with Crippen LogP contribution in [0.4, 0.5) is 5.82 Å². The van der Waals surface area contributed by atoms with Gasteiger partial charge in [0.15, 0.2) is 0 Å². The van der Waals surface area contributed by atoms with Crippen LogP contribution >= 0.6 is 0 Å². The first-order chi connectivity index (χ1) is 5.33. The average Bonchev–Trinajstić information content (AvgIpc) is 2.37. The number of H-pyrrole nitrogens is 1. The number of nitrogens with one attached hydrogen (secondary N) is 1. The summed E-state index contributed by atoms with van der Waals surface area (Å²) in [6.45, 7) is 0.167. The molecule has 0 fully saturated rings. The number of aliphatic hydroxyl groups excluding tert-OH is 1. The Balaban J connectivity index is 2.50. The van der Waals surface area contributed by atoms with E-state index in [1.165, 1.54) is 0 Å². The maximum Gasteiger partial charge on any atom is 0.145 e. The molecule has 60 valence electrons. The summed E-state index contributed by atoms with van der Waals surface area (Å²) in [5, 5.41) is 14.9. The fraction of sp³-hybridized carbons (Fsp3) is 0.286. The highest BCUT2D eigenvalue weighted by Crippen LogP contribution is 2.02. The first kappa shape index (κ1) is 7.81. The van der Waals surface area contributed by atoms with Crippen LogP contribution in [0.3, 0.4) is 0 Å². The molecule has 0 amide bonds. The van der Waals surface area contributed by atoms with Gasteiger partial charge in [0.2, 0.25) is 0 Å². The molecule has 1 aromatic heterocycles. The van der Waals surface area contributed by atoms with Crippen molar-refractivity contribution in [3.63, 3.8) is 0 Å². The molecular weight excluding hydrogens is 142 g/mol. The minimum Gasteiger partial charge on any atom is -0.396 e. The Labute approximate surface area is 64.7 Å². The topological polar surface area (TPSA) is 74.9 Å². The van der Waals surface area contributed by atoms with Crippen LogP contribution in [0, 0.1) is 0 Å². The monoisotopic (exact) mass is 153 g/mol. The number of nitrogens with zero attached hydrogens (tertiary/aromatic N) is 1. The number of anilines is 1. The molecule has 4 heteroatoms. The highest BCUT2D eigenvalue weighted by Gasteiger charge is 1.89. The van der Waals surface area contributed by atoms with Gasteiger partial charge in [-0.3, -0.25) is 5.10 Å². The van der Waals surface area contributed by atoms with Crippen molar-refractivity contribution in [3.05, 3.63) is 17.8 Å². The third-order valence-corrected chi connectivity index (χ3v) is 1.21. The van der Waals surface area contributed by atoms with Crippen LogP contribution in [0.2, 0.25) is 0 Å². The Morgan fingerprint density at radius 3 is 3.09 bits per heavy atom. The van der Waals surface area contributed by atoms with Crippen LogP contribution in [0.15, 0.2) is 12.1 Å². The van der Waals surface area contributed by atoms with E-state index in [0.717, 1.165) is 5.69 Å². The minimum absolute atomic E-state index is 0.167. The average molecular weight is 153 g/mol. The number of nitrogens with two attached hydrogens (primary N) is 1. The molecule has 0 aliphatic rings. The molecular formula is C7H11N3O. The molecule has 0 saturated carbocycles. The summed E-state index contributed by atoms with van der Waals surface area (Å²) in [4.78, 5) is 0. The van der Waals surface area contributed by atoms with Crippen molar-refractivity contribution < 1.29 is 5.11 Å². The Bertz CT molecular complexity index is 242. The Morgan fingerprint density at radius 2 is 2.55 bits per heavy atom. The van der Waals surface area contributed by atoms with Crippen molar-refractivity contribution >= 4 is 11.9 Å². The minimum atomic E-state index is 0.167. The molecule has 11 heavy (non-hydrogen) atoms. The quantitative estimate of drug-likeness (QED) is 0.588. The van der Waals surface area contributed by atoms with Gasteiger partial charge in [0.05, 0.1) is 5.69 Å². The zero-order valence-electron chi connectivity index (χ0n) is 6.12. The zero-order chi connectivity index (χ0) is 8.10. The SMILES string of the molecule is Nc1cc(C=CCCO)[nH]n1. The van der Waals surface area contributed by atoms with Crippen LogP contribution in [-0.2, 0) is 0 Å². The molecule has 0 saturated heterocycles. The molecule has 0 atom stereocenters. The lowest BCUT2D eigenvalue weighted by Gasteiger charge is -1.83. The molecule has 1 rings (SSSR count). The Morgan fingerprint density at radius 1 is 1.73 bits per heavy atom. The van der Waals surface area contributed by atoms with Crippen molar-refractivity contribution in [1.82, 2.24) is 10.2 Å². The van der Waals surface area contributed by atoms with E-state index >= 15 is 0 Å². The molecule has 4 nitrogen and oxygen atoms in total. The molecule has 4 N–H and O–H groups in total. The maximum atomic E-state index is 8.45. The van der Waals surface area contributed by atoms with Crippen LogP contribution in [0.5, 0.6) is 0 Å². The summed E-state index contributed by atoms with van der Waals surface area (Å²) >= 11 is 0. The molecule has 1 aromatic rings. The standard InChI is InChI=1S/C7H11N3O/c8-7-5-6(9-10-7)3-1-2-4-11/h1,3,5,11H,2,4H2,(H3,8,9,10). The molecule has 0 radical (unpaired) electrons. The molecule has 0 unspecified atom stereocenters. The molecule has 0 spiro atoms. The van der Waals surface area contributed by atoms with E-state index in [9.17, 15) is 0 Å². The van der Waals surface area contributed by atoms with E-state index in [-0.39, 0.29) is 6.61 Å². The second-order valence-corrected chi connectivity index (χ2v) is 2.16. The number of aromatic nitrogens is 2. The van der Waals surface area contributed by atoms with Crippen molar-refractivity contribution in [1.29, 1.82) is 0 Å². The van der Waals surface area contributed by atoms with Gasteiger partial charge in [0, 0.05) is 12.7 Å². The van der Waals surface area contributed by atoms with Gasteiger partial charge in [-0.1, -0.05) is 6.08 Å². The number of rotatable bonds is 3. The summed E-state index contributed by atoms with van der Waals surface area (Å²) < 4.78 is 0. The molecule has 0 aromatic carbocycles. The normalized spacial score (nSPS) is 11.0. The third kappa shape index (κ3) is 2.43. The summed E-state index contributed by atoms with van der Waals surface area (Å²) in [6, 6.07) is 1.73. The second-order valence-electron chi connectivity index (χ2n) is 2.16. The van der Waals surface area contributed by atoms with Gasteiger partial charge in [0.25, 0.3) is 0 Å². The van der Waals surface area contributed by atoms with Crippen LogP contribution < -0.4 is 5.73 Å². The highest BCUT2D eigenvalue weighted by molar-refractivity contribution is 5.48. The van der Waals surface area contributed by atoms with Crippen LogP contribution in [0.25, 0.3) is 6.08 Å². The Hall–Kier alpha value is -1.29. The fourth-order valence-electron chi connectivity index (χ4n) is 0.723. The largest absolute Gasteiger partial charge is 0.396 e. The second kappa shape index (κ2) is 3.78. The van der Waals surface area contributed by atoms with E-state index in [2.05, 4.69) is 10.2 Å².